The number of nitrogens with zero attached hydrogens (tertiary/aromatic N) is 1. The maximum Gasteiger partial charge on any atom is 0.136 e. The molecule has 3 nitrogen and oxygen atoms in total. The molecule has 0 amide bonds. The summed E-state index contributed by atoms with van der Waals surface area (Å²) in [6, 6.07) is 6.54. The Bertz CT molecular complexity index is 539. The van der Waals surface area contributed by atoms with Gasteiger partial charge in [0, 0.05) is 31.6 Å². The Morgan fingerprint density at radius 3 is 2.50 bits per heavy atom. The number of anilines is 1. The average molecular weight is 274 g/mol. The zero-order valence-electron chi connectivity index (χ0n) is 13.1. The molecule has 0 bridgehead atoms. The van der Waals surface area contributed by atoms with Crippen molar-refractivity contribution < 1.29 is 4.42 Å². The molecule has 0 spiro atoms. The third-order valence-corrected chi connectivity index (χ3v) is 3.70. The van der Waals surface area contributed by atoms with Crippen LogP contribution in [-0.4, -0.2) is 26.2 Å². The van der Waals surface area contributed by atoms with Crippen molar-refractivity contribution in [2.75, 3.05) is 31.1 Å². The van der Waals surface area contributed by atoms with Gasteiger partial charge < -0.3 is 14.6 Å². The van der Waals surface area contributed by atoms with Gasteiger partial charge in [-0.3, -0.25) is 0 Å². The molecule has 0 saturated carbocycles. The first-order valence-corrected chi connectivity index (χ1v) is 7.72. The van der Waals surface area contributed by atoms with Crippen molar-refractivity contribution >= 4 is 16.7 Å². The molecular weight excluding hydrogens is 248 g/mol. The van der Waals surface area contributed by atoms with Crippen molar-refractivity contribution in [2.24, 2.45) is 0 Å². The van der Waals surface area contributed by atoms with Crippen molar-refractivity contribution in [3.63, 3.8) is 0 Å². The van der Waals surface area contributed by atoms with Gasteiger partial charge in [0.25, 0.3) is 0 Å². The maximum atomic E-state index is 5.67. The Morgan fingerprint density at radius 2 is 1.85 bits per heavy atom. The lowest BCUT2D eigenvalue weighted by Crippen LogP contribution is -2.43. The third kappa shape index (κ3) is 2.98. The van der Waals surface area contributed by atoms with Crippen LogP contribution < -0.4 is 10.2 Å². The molecule has 0 unspecified atom stereocenters. The lowest BCUT2D eigenvalue weighted by Gasteiger charge is -2.28. The smallest absolute Gasteiger partial charge is 0.136 e. The summed E-state index contributed by atoms with van der Waals surface area (Å²) in [4.78, 5) is 2.41. The van der Waals surface area contributed by atoms with Gasteiger partial charge in [-0.2, -0.15) is 0 Å². The Morgan fingerprint density at radius 1 is 1.15 bits per heavy atom. The summed E-state index contributed by atoms with van der Waals surface area (Å²) in [6.45, 7) is 12.7. The molecule has 20 heavy (non-hydrogen) atoms. The van der Waals surface area contributed by atoms with Crippen LogP contribution in [-0.2, 0) is 0 Å². The number of furan rings is 1. The normalized spacial score (nSPS) is 15.3. The second kappa shape index (κ2) is 6.80. The SMILES string of the molecule is CC.CC(C)c1ccc2occ(N3CCNCC3)c2c1. The van der Waals surface area contributed by atoms with E-state index in [1.807, 2.05) is 20.1 Å². The summed E-state index contributed by atoms with van der Waals surface area (Å²) in [5.41, 5.74) is 3.61. The lowest BCUT2D eigenvalue weighted by molar-refractivity contribution is 0.578. The first-order chi connectivity index (χ1) is 9.75. The van der Waals surface area contributed by atoms with E-state index in [4.69, 9.17) is 4.42 Å². The average Bonchev–Trinajstić information content (AvgIpc) is 2.93. The molecule has 1 N–H and O–H groups in total. The minimum atomic E-state index is 0.556. The molecule has 1 saturated heterocycles. The van der Waals surface area contributed by atoms with Gasteiger partial charge in [0.05, 0.1) is 5.69 Å². The molecular formula is C17H26N2O. The lowest BCUT2D eigenvalue weighted by atomic mass is 10.0. The van der Waals surface area contributed by atoms with Gasteiger partial charge in [0.15, 0.2) is 0 Å². The van der Waals surface area contributed by atoms with Gasteiger partial charge in [0.2, 0.25) is 0 Å². The van der Waals surface area contributed by atoms with Crippen molar-refractivity contribution in [3.8, 4) is 0 Å². The molecule has 3 heteroatoms. The molecule has 1 aromatic heterocycles. The van der Waals surface area contributed by atoms with Crippen LogP contribution >= 0.6 is 0 Å². The van der Waals surface area contributed by atoms with Crippen molar-refractivity contribution in [2.45, 2.75) is 33.6 Å². The van der Waals surface area contributed by atoms with Gasteiger partial charge in [-0.25, -0.2) is 0 Å². The predicted molar refractivity (Wildman–Crippen MR) is 86.7 cm³/mol. The Hall–Kier alpha value is -1.48. The fourth-order valence-corrected chi connectivity index (χ4v) is 2.54. The van der Waals surface area contributed by atoms with E-state index in [1.54, 1.807) is 0 Å². The summed E-state index contributed by atoms with van der Waals surface area (Å²) in [7, 11) is 0. The zero-order chi connectivity index (χ0) is 14.5. The van der Waals surface area contributed by atoms with Crippen molar-refractivity contribution in [1.82, 2.24) is 5.32 Å². The topological polar surface area (TPSA) is 28.4 Å². The first kappa shape index (κ1) is 14.9. The fraction of sp³-hybridized carbons (Fsp3) is 0.529. The number of rotatable bonds is 2. The highest BCUT2D eigenvalue weighted by Gasteiger charge is 2.16. The molecule has 2 heterocycles. The summed E-state index contributed by atoms with van der Waals surface area (Å²) >= 11 is 0. The monoisotopic (exact) mass is 274 g/mol. The minimum absolute atomic E-state index is 0.556. The predicted octanol–water partition coefficient (Wildman–Crippen LogP) is 3.99. The molecule has 0 radical (unpaired) electrons. The Kier molecular flexibility index (Phi) is 5.07. The van der Waals surface area contributed by atoms with Gasteiger partial charge >= 0.3 is 0 Å². The van der Waals surface area contributed by atoms with Gasteiger partial charge in [-0.05, 0) is 23.6 Å². The molecule has 2 aromatic rings. The fourth-order valence-electron chi connectivity index (χ4n) is 2.54. The van der Waals surface area contributed by atoms with Crippen LogP contribution in [0.5, 0.6) is 0 Å². The van der Waals surface area contributed by atoms with Gasteiger partial charge in [-0.15, -0.1) is 0 Å². The number of hydrogen-bond donors (Lipinski definition) is 1. The van der Waals surface area contributed by atoms with E-state index in [0.29, 0.717) is 5.92 Å². The van der Waals surface area contributed by atoms with Crippen LogP contribution in [0.3, 0.4) is 0 Å². The molecule has 0 aliphatic carbocycles. The van der Waals surface area contributed by atoms with E-state index in [2.05, 4.69) is 42.3 Å². The summed E-state index contributed by atoms with van der Waals surface area (Å²) in [5.74, 6) is 0.556. The molecule has 1 fully saturated rings. The highest BCUT2D eigenvalue weighted by molar-refractivity contribution is 5.91. The van der Waals surface area contributed by atoms with Crippen LogP contribution in [0.15, 0.2) is 28.9 Å². The largest absolute Gasteiger partial charge is 0.462 e. The highest BCUT2D eigenvalue weighted by Crippen LogP contribution is 2.31. The van der Waals surface area contributed by atoms with Crippen LogP contribution in [0, 0.1) is 0 Å². The van der Waals surface area contributed by atoms with Gasteiger partial charge in [0.1, 0.15) is 11.8 Å². The summed E-state index contributed by atoms with van der Waals surface area (Å²) in [6.07, 6.45) is 1.90. The van der Waals surface area contributed by atoms with Gasteiger partial charge in [-0.1, -0.05) is 33.8 Å². The van der Waals surface area contributed by atoms with Crippen LogP contribution in [0.2, 0.25) is 0 Å². The zero-order valence-corrected chi connectivity index (χ0v) is 13.1. The maximum absolute atomic E-state index is 5.67. The molecule has 1 aromatic carbocycles. The third-order valence-electron chi connectivity index (χ3n) is 3.70. The number of nitrogens with one attached hydrogen (secondary N) is 1. The molecule has 1 aliphatic heterocycles. The molecule has 1 aliphatic rings. The standard InChI is InChI=1S/C15H20N2O.C2H6/c1-11(2)12-3-4-15-13(9-12)14(10-18-15)17-7-5-16-6-8-17;1-2/h3-4,9-11,16H,5-8H2,1-2H3;1-2H3. The van der Waals surface area contributed by atoms with Crippen molar-refractivity contribution in [1.29, 1.82) is 0 Å². The minimum Gasteiger partial charge on any atom is -0.462 e. The number of benzene rings is 1. The highest BCUT2D eigenvalue weighted by atomic mass is 16.3. The molecule has 110 valence electrons. The van der Waals surface area contributed by atoms with Crippen LogP contribution in [0.25, 0.3) is 11.0 Å². The van der Waals surface area contributed by atoms with E-state index in [-0.39, 0.29) is 0 Å². The van der Waals surface area contributed by atoms with Crippen LogP contribution in [0.4, 0.5) is 5.69 Å². The molecule has 3 rings (SSSR count). The second-order valence-corrected chi connectivity index (χ2v) is 5.27. The summed E-state index contributed by atoms with van der Waals surface area (Å²) in [5, 5.41) is 4.63. The van der Waals surface area contributed by atoms with Crippen LogP contribution in [0.1, 0.15) is 39.2 Å². The quantitative estimate of drug-likeness (QED) is 0.897. The summed E-state index contributed by atoms with van der Waals surface area (Å²) < 4.78 is 5.67. The second-order valence-electron chi connectivity index (χ2n) is 5.27. The number of fused-ring (bicyclic) bond motifs is 1. The van der Waals surface area contributed by atoms with E-state index in [9.17, 15) is 0 Å². The van der Waals surface area contributed by atoms with E-state index in [1.165, 1.54) is 16.6 Å². The van der Waals surface area contributed by atoms with E-state index >= 15 is 0 Å². The van der Waals surface area contributed by atoms with E-state index < -0.39 is 0 Å². The number of hydrogen-bond acceptors (Lipinski definition) is 3. The Balaban J connectivity index is 0.000000704. The Labute approximate surface area is 122 Å². The van der Waals surface area contributed by atoms with Crippen molar-refractivity contribution in [3.05, 3.63) is 30.0 Å². The van der Waals surface area contributed by atoms with E-state index in [0.717, 1.165) is 31.8 Å². The molecule has 0 atom stereocenters. The number of piperazine rings is 1. The first-order valence-electron chi connectivity index (χ1n) is 7.72.